The second kappa shape index (κ2) is 7.05. The van der Waals surface area contributed by atoms with E-state index in [2.05, 4.69) is 0 Å². The molecule has 0 fully saturated rings. The van der Waals surface area contributed by atoms with Gasteiger partial charge in [0.1, 0.15) is 0 Å². The van der Waals surface area contributed by atoms with Gasteiger partial charge in [-0.1, -0.05) is 48.0 Å². The first-order valence-corrected chi connectivity index (χ1v) is 9.27. The zero-order valence-electron chi connectivity index (χ0n) is 14.9. The molecule has 0 N–H and O–H groups in total. The van der Waals surface area contributed by atoms with E-state index in [0.717, 1.165) is 16.7 Å². The van der Waals surface area contributed by atoms with Gasteiger partial charge in [0, 0.05) is 22.7 Å². The number of aryl methyl sites for hydroxylation is 1. The molecule has 2 heterocycles. The molecule has 0 bridgehead atoms. The van der Waals surface area contributed by atoms with E-state index in [9.17, 15) is 9.59 Å². The number of benzene rings is 2. The lowest BCUT2D eigenvalue weighted by atomic mass is 9.92. The average Bonchev–Trinajstić information content (AvgIpc) is 2.69. The van der Waals surface area contributed by atoms with Gasteiger partial charge in [0.15, 0.2) is 0 Å². The van der Waals surface area contributed by atoms with Crippen LogP contribution in [0.1, 0.15) is 22.8 Å². The van der Waals surface area contributed by atoms with Gasteiger partial charge in [0.25, 0.3) is 5.56 Å². The van der Waals surface area contributed by atoms with E-state index in [-0.39, 0.29) is 12.2 Å². The Labute approximate surface area is 162 Å². The zero-order chi connectivity index (χ0) is 19.0. The van der Waals surface area contributed by atoms with Crippen LogP contribution in [0.5, 0.6) is 0 Å². The maximum Gasteiger partial charge on any atom is 0.340 e. The summed E-state index contributed by atoms with van der Waals surface area (Å²) in [6, 6.07) is 16.6. The quantitative estimate of drug-likeness (QED) is 0.626. The van der Waals surface area contributed by atoms with E-state index in [1.807, 2.05) is 48.5 Å². The number of esters is 1. The Morgan fingerprint density at radius 1 is 1.11 bits per heavy atom. The van der Waals surface area contributed by atoms with Crippen LogP contribution in [0.15, 0.2) is 59.4 Å². The van der Waals surface area contributed by atoms with Crippen molar-refractivity contribution in [3.63, 3.8) is 0 Å². The second-order valence-corrected chi connectivity index (χ2v) is 6.85. The third kappa shape index (κ3) is 3.06. The number of carbonyl (C=O) groups is 1. The Kier molecular flexibility index (Phi) is 4.58. The summed E-state index contributed by atoms with van der Waals surface area (Å²) >= 11 is 6.20. The topological polar surface area (TPSA) is 48.3 Å². The number of carbonyl (C=O) groups excluding carboxylic acids is 1. The van der Waals surface area contributed by atoms with Gasteiger partial charge in [-0.25, -0.2) is 4.79 Å². The van der Waals surface area contributed by atoms with Crippen LogP contribution >= 0.6 is 11.6 Å². The highest BCUT2D eigenvalue weighted by molar-refractivity contribution is 6.31. The Morgan fingerprint density at radius 3 is 2.63 bits per heavy atom. The number of rotatable bonds is 3. The maximum absolute atomic E-state index is 13.2. The SMILES string of the molecule is CCOC(=O)c1cc(-c2ccccc2)c(=O)n2c1-c1cc(Cl)ccc1CC2. The van der Waals surface area contributed by atoms with Gasteiger partial charge in [-0.05, 0) is 42.7 Å². The van der Waals surface area contributed by atoms with Crippen molar-refractivity contribution in [2.75, 3.05) is 6.61 Å². The van der Waals surface area contributed by atoms with Crippen LogP contribution in [-0.2, 0) is 17.7 Å². The third-order valence-electron chi connectivity index (χ3n) is 4.80. The predicted octanol–water partition coefficient (Wildman–Crippen LogP) is 4.57. The monoisotopic (exact) mass is 379 g/mol. The van der Waals surface area contributed by atoms with Crippen molar-refractivity contribution in [2.45, 2.75) is 19.9 Å². The molecule has 0 unspecified atom stereocenters. The molecule has 27 heavy (non-hydrogen) atoms. The third-order valence-corrected chi connectivity index (χ3v) is 5.04. The van der Waals surface area contributed by atoms with Gasteiger partial charge >= 0.3 is 5.97 Å². The molecule has 2 aromatic carbocycles. The van der Waals surface area contributed by atoms with Gasteiger partial charge in [-0.15, -0.1) is 0 Å². The van der Waals surface area contributed by atoms with Crippen LogP contribution in [0, 0.1) is 0 Å². The summed E-state index contributed by atoms with van der Waals surface area (Å²) < 4.78 is 6.96. The molecule has 0 aliphatic carbocycles. The highest BCUT2D eigenvalue weighted by Gasteiger charge is 2.26. The first-order chi connectivity index (χ1) is 13.1. The number of aromatic nitrogens is 1. The van der Waals surface area contributed by atoms with Gasteiger partial charge in [-0.3, -0.25) is 4.79 Å². The van der Waals surface area contributed by atoms with Crippen LogP contribution < -0.4 is 5.56 Å². The summed E-state index contributed by atoms with van der Waals surface area (Å²) in [7, 11) is 0. The molecule has 0 atom stereocenters. The molecule has 0 saturated heterocycles. The van der Waals surface area contributed by atoms with Crippen LogP contribution in [0.2, 0.25) is 5.02 Å². The first-order valence-electron chi connectivity index (χ1n) is 8.89. The maximum atomic E-state index is 13.2. The van der Waals surface area contributed by atoms with E-state index < -0.39 is 5.97 Å². The lowest BCUT2D eigenvalue weighted by Crippen LogP contribution is -2.30. The summed E-state index contributed by atoms with van der Waals surface area (Å²) in [6.07, 6.45) is 0.708. The van der Waals surface area contributed by atoms with Crippen molar-refractivity contribution in [3.05, 3.63) is 81.1 Å². The standard InChI is InChI=1S/C22H18ClNO3/c1-2-27-22(26)19-13-18(14-6-4-3-5-7-14)21(25)24-11-10-15-8-9-16(23)12-17(15)20(19)24/h3-9,12-13H,2,10-11H2,1H3. The molecule has 1 aliphatic heterocycles. The summed E-state index contributed by atoms with van der Waals surface area (Å²) in [5.74, 6) is -0.439. The lowest BCUT2D eigenvalue weighted by molar-refractivity contribution is 0.0526. The minimum atomic E-state index is -0.439. The minimum absolute atomic E-state index is 0.116. The molecule has 5 heteroatoms. The fourth-order valence-electron chi connectivity index (χ4n) is 3.58. The number of hydrogen-bond donors (Lipinski definition) is 0. The summed E-state index contributed by atoms with van der Waals surface area (Å²) in [5, 5.41) is 0.566. The van der Waals surface area contributed by atoms with Crippen molar-refractivity contribution in [3.8, 4) is 22.4 Å². The van der Waals surface area contributed by atoms with Gasteiger partial charge in [-0.2, -0.15) is 0 Å². The minimum Gasteiger partial charge on any atom is -0.462 e. The number of hydrogen-bond acceptors (Lipinski definition) is 3. The summed E-state index contributed by atoms with van der Waals surface area (Å²) in [5.41, 5.74) is 4.01. The van der Waals surface area contributed by atoms with Crippen LogP contribution in [0.4, 0.5) is 0 Å². The lowest BCUT2D eigenvalue weighted by Gasteiger charge is -2.25. The highest BCUT2D eigenvalue weighted by Crippen LogP contribution is 2.35. The smallest absolute Gasteiger partial charge is 0.340 e. The molecular weight excluding hydrogens is 362 g/mol. The molecule has 0 radical (unpaired) electrons. The van der Waals surface area contributed by atoms with E-state index in [1.54, 1.807) is 17.6 Å². The number of pyridine rings is 1. The predicted molar refractivity (Wildman–Crippen MR) is 106 cm³/mol. The van der Waals surface area contributed by atoms with Crippen molar-refractivity contribution < 1.29 is 9.53 Å². The fourth-order valence-corrected chi connectivity index (χ4v) is 3.75. The van der Waals surface area contributed by atoms with Crippen molar-refractivity contribution >= 4 is 17.6 Å². The summed E-state index contributed by atoms with van der Waals surface area (Å²) in [4.78, 5) is 26.0. The van der Waals surface area contributed by atoms with E-state index in [0.29, 0.717) is 34.8 Å². The number of fused-ring (bicyclic) bond motifs is 3. The molecule has 0 amide bonds. The van der Waals surface area contributed by atoms with Crippen molar-refractivity contribution in [2.24, 2.45) is 0 Å². The molecule has 136 valence electrons. The van der Waals surface area contributed by atoms with Gasteiger partial charge in [0.05, 0.1) is 17.9 Å². The van der Waals surface area contributed by atoms with Crippen LogP contribution in [0.25, 0.3) is 22.4 Å². The fraction of sp³-hybridized carbons (Fsp3) is 0.182. The highest BCUT2D eigenvalue weighted by atomic mass is 35.5. The van der Waals surface area contributed by atoms with Gasteiger partial charge < -0.3 is 9.30 Å². The molecule has 0 saturated carbocycles. The number of halogens is 1. The molecule has 4 rings (SSSR count). The molecular formula is C22H18ClNO3. The molecule has 0 spiro atoms. The Morgan fingerprint density at radius 2 is 1.89 bits per heavy atom. The molecule has 1 aliphatic rings. The van der Waals surface area contributed by atoms with Gasteiger partial charge in [0.2, 0.25) is 0 Å². The van der Waals surface area contributed by atoms with Crippen molar-refractivity contribution in [1.82, 2.24) is 4.57 Å². The normalized spacial score (nSPS) is 12.2. The van der Waals surface area contributed by atoms with E-state index >= 15 is 0 Å². The second-order valence-electron chi connectivity index (χ2n) is 6.42. The van der Waals surface area contributed by atoms with Crippen LogP contribution in [0.3, 0.4) is 0 Å². The van der Waals surface area contributed by atoms with Crippen molar-refractivity contribution in [1.29, 1.82) is 0 Å². The Bertz CT molecular complexity index is 1090. The van der Waals surface area contributed by atoms with E-state index in [4.69, 9.17) is 16.3 Å². The number of nitrogens with zero attached hydrogens (tertiary/aromatic N) is 1. The zero-order valence-corrected chi connectivity index (χ0v) is 15.6. The Balaban J connectivity index is 2.04. The number of ether oxygens (including phenoxy) is 1. The summed E-state index contributed by atoms with van der Waals surface area (Å²) in [6.45, 7) is 2.54. The molecule has 3 aromatic rings. The Hall–Kier alpha value is -2.85. The van der Waals surface area contributed by atoms with Crippen LogP contribution in [-0.4, -0.2) is 17.1 Å². The molecule has 1 aromatic heterocycles. The van der Waals surface area contributed by atoms with E-state index in [1.165, 1.54) is 0 Å². The average molecular weight is 380 g/mol. The largest absolute Gasteiger partial charge is 0.462 e. The molecule has 4 nitrogen and oxygen atoms in total. The first kappa shape index (κ1) is 17.6.